The Bertz CT molecular complexity index is 975. The molecule has 1 aromatic carbocycles. The maximum Gasteiger partial charge on any atom is 0.217 e. The molecule has 7 nitrogen and oxygen atoms in total. The van der Waals surface area contributed by atoms with Crippen molar-refractivity contribution in [2.24, 2.45) is 11.0 Å². The fourth-order valence-electron chi connectivity index (χ4n) is 5.60. The van der Waals surface area contributed by atoms with Crippen molar-refractivity contribution >= 4 is 17.7 Å². The smallest absolute Gasteiger partial charge is 0.217 e. The molecule has 1 aliphatic carbocycles. The van der Waals surface area contributed by atoms with E-state index in [1.165, 1.54) is 44.2 Å². The summed E-state index contributed by atoms with van der Waals surface area (Å²) in [6.07, 6.45) is 8.71. The molecule has 1 N–H and O–H groups in total. The van der Waals surface area contributed by atoms with Gasteiger partial charge in [0.05, 0.1) is 19.4 Å². The van der Waals surface area contributed by atoms with E-state index in [4.69, 9.17) is 14.5 Å². The van der Waals surface area contributed by atoms with Crippen molar-refractivity contribution in [3.8, 4) is 5.88 Å². The second-order valence-corrected chi connectivity index (χ2v) is 9.72. The maximum absolute atomic E-state index is 6.20. The van der Waals surface area contributed by atoms with Crippen LogP contribution in [0.5, 0.6) is 5.88 Å². The molecule has 3 fully saturated rings. The molecule has 1 aromatic heterocycles. The van der Waals surface area contributed by atoms with Gasteiger partial charge in [-0.3, -0.25) is 10.3 Å². The number of ether oxygens (including phenoxy) is 2. The molecular formula is C27H37N5O2. The summed E-state index contributed by atoms with van der Waals surface area (Å²) in [4.78, 5) is 9.66. The first kappa shape index (κ1) is 23.1. The molecule has 2 atom stereocenters. The molecule has 3 aliphatic rings. The van der Waals surface area contributed by atoms with Crippen LogP contribution in [0.3, 0.4) is 0 Å². The summed E-state index contributed by atoms with van der Waals surface area (Å²) in [6, 6.07) is 13.1. The zero-order valence-electron chi connectivity index (χ0n) is 20.3. The maximum atomic E-state index is 6.20. The van der Waals surface area contributed by atoms with Gasteiger partial charge in [0.2, 0.25) is 5.88 Å². The Hall–Kier alpha value is -2.64. The minimum absolute atomic E-state index is 0.650. The minimum atomic E-state index is 0.650. The van der Waals surface area contributed by atoms with Crippen molar-refractivity contribution in [3.05, 3.63) is 47.5 Å². The predicted octanol–water partition coefficient (Wildman–Crippen LogP) is 4.32. The van der Waals surface area contributed by atoms with Gasteiger partial charge in [-0.05, 0) is 44.2 Å². The molecule has 2 aromatic rings. The second kappa shape index (κ2) is 11.2. The molecule has 2 unspecified atom stereocenters. The number of morpholine rings is 1. The first-order valence-electron chi connectivity index (χ1n) is 12.8. The summed E-state index contributed by atoms with van der Waals surface area (Å²) < 4.78 is 11.7. The lowest BCUT2D eigenvalue weighted by atomic mass is 9.85. The molecule has 7 heteroatoms. The molecule has 0 amide bonds. The quantitative estimate of drug-likeness (QED) is 0.465. The average Bonchev–Trinajstić information content (AvgIpc) is 3.28. The van der Waals surface area contributed by atoms with Gasteiger partial charge in [-0.1, -0.05) is 42.7 Å². The highest BCUT2D eigenvalue weighted by Gasteiger charge is 2.35. The molecule has 1 saturated carbocycles. The lowest BCUT2D eigenvalue weighted by Crippen LogP contribution is -2.37. The van der Waals surface area contributed by atoms with Crippen molar-refractivity contribution < 1.29 is 9.47 Å². The zero-order valence-corrected chi connectivity index (χ0v) is 20.3. The van der Waals surface area contributed by atoms with Crippen LogP contribution in [-0.4, -0.2) is 68.1 Å². The number of hydrogen-bond acceptors (Lipinski definition) is 7. The summed E-state index contributed by atoms with van der Waals surface area (Å²) in [5.74, 6) is 2.24. The van der Waals surface area contributed by atoms with Crippen molar-refractivity contribution in [1.29, 1.82) is 0 Å². The standard InChI is InChI=1S/C27H37N5O2/c1-21-5-4-6-22(17-21)20-28-30-26-18-24(31-11-14-33-15-12-31)19-27(29-26)34-16-13-32-10-9-23-7-2-3-8-25(23)32/h4-6,17-20,23,25H,2-3,7-16H2,1H3,(H,29,30). The Morgan fingerprint density at radius 1 is 1.12 bits per heavy atom. The number of fused-ring (bicyclic) bond motifs is 1. The van der Waals surface area contributed by atoms with Gasteiger partial charge in [-0.2, -0.15) is 10.1 Å². The number of aromatic nitrogens is 1. The molecule has 182 valence electrons. The van der Waals surface area contributed by atoms with Gasteiger partial charge >= 0.3 is 0 Å². The summed E-state index contributed by atoms with van der Waals surface area (Å²) in [6.45, 7) is 8.14. The number of hydrazone groups is 1. The number of benzene rings is 1. The van der Waals surface area contributed by atoms with E-state index in [-0.39, 0.29) is 0 Å². The van der Waals surface area contributed by atoms with Gasteiger partial charge in [0.25, 0.3) is 0 Å². The van der Waals surface area contributed by atoms with E-state index in [9.17, 15) is 0 Å². The molecule has 34 heavy (non-hydrogen) atoms. The third kappa shape index (κ3) is 5.88. The summed E-state index contributed by atoms with van der Waals surface area (Å²) >= 11 is 0. The molecular weight excluding hydrogens is 426 g/mol. The number of aryl methyl sites for hydroxylation is 1. The summed E-state index contributed by atoms with van der Waals surface area (Å²) in [5, 5.41) is 4.42. The van der Waals surface area contributed by atoms with Crippen LogP contribution in [0.15, 0.2) is 41.5 Å². The molecule has 5 rings (SSSR count). The van der Waals surface area contributed by atoms with Crippen molar-refractivity contribution in [2.45, 2.75) is 45.1 Å². The Labute approximate surface area is 203 Å². The van der Waals surface area contributed by atoms with E-state index in [1.807, 2.05) is 30.5 Å². The average molecular weight is 464 g/mol. The van der Waals surface area contributed by atoms with Crippen LogP contribution in [0.1, 0.15) is 43.2 Å². The van der Waals surface area contributed by atoms with Gasteiger partial charge in [0, 0.05) is 43.5 Å². The van der Waals surface area contributed by atoms with Crippen molar-refractivity contribution in [2.75, 3.05) is 56.3 Å². The Morgan fingerprint density at radius 2 is 2.00 bits per heavy atom. The predicted molar refractivity (Wildman–Crippen MR) is 137 cm³/mol. The zero-order chi connectivity index (χ0) is 23.2. The SMILES string of the molecule is Cc1cccc(C=NNc2cc(N3CCOCC3)cc(OCCN3CCC4CCCCC43)n2)c1. The number of pyridine rings is 1. The monoisotopic (exact) mass is 463 g/mol. The van der Waals surface area contributed by atoms with Crippen LogP contribution in [0.25, 0.3) is 0 Å². The van der Waals surface area contributed by atoms with Gasteiger partial charge in [0.1, 0.15) is 6.61 Å². The number of hydrogen-bond donors (Lipinski definition) is 1. The fourth-order valence-corrected chi connectivity index (χ4v) is 5.60. The second-order valence-electron chi connectivity index (χ2n) is 9.72. The van der Waals surface area contributed by atoms with Crippen molar-refractivity contribution in [1.82, 2.24) is 9.88 Å². The highest BCUT2D eigenvalue weighted by Crippen LogP contribution is 2.35. The van der Waals surface area contributed by atoms with Crippen LogP contribution in [0.4, 0.5) is 11.5 Å². The summed E-state index contributed by atoms with van der Waals surface area (Å²) in [5.41, 5.74) is 6.47. The van der Waals surface area contributed by atoms with Crippen LogP contribution in [0.2, 0.25) is 0 Å². The van der Waals surface area contributed by atoms with Gasteiger partial charge < -0.3 is 14.4 Å². The molecule has 2 aliphatic heterocycles. The van der Waals surface area contributed by atoms with Crippen LogP contribution >= 0.6 is 0 Å². The molecule has 2 saturated heterocycles. The van der Waals surface area contributed by atoms with E-state index in [1.54, 1.807) is 0 Å². The van der Waals surface area contributed by atoms with Gasteiger partial charge in [-0.15, -0.1) is 0 Å². The van der Waals surface area contributed by atoms with Crippen LogP contribution in [-0.2, 0) is 4.74 Å². The number of likely N-dealkylation sites (tertiary alicyclic amines) is 1. The number of rotatable bonds is 8. The first-order chi connectivity index (χ1) is 16.7. The number of nitrogens with one attached hydrogen (secondary N) is 1. The molecule has 0 spiro atoms. The third-order valence-electron chi connectivity index (χ3n) is 7.35. The fraction of sp³-hybridized carbons (Fsp3) is 0.556. The Balaban J connectivity index is 1.24. The Kier molecular flexibility index (Phi) is 7.61. The lowest BCUT2D eigenvalue weighted by molar-refractivity contribution is 0.122. The third-order valence-corrected chi connectivity index (χ3v) is 7.35. The van der Waals surface area contributed by atoms with Gasteiger partial charge in [-0.25, -0.2) is 0 Å². The normalized spacial score (nSPS) is 23.3. The lowest BCUT2D eigenvalue weighted by Gasteiger charge is -2.31. The minimum Gasteiger partial charge on any atom is -0.476 e. The van der Waals surface area contributed by atoms with Crippen LogP contribution < -0.4 is 15.1 Å². The van der Waals surface area contributed by atoms with Gasteiger partial charge in [0.15, 0.2) is 5.82 Å². The van der Waals surface area contributed by atoms with E-state index in [0.29, 0.717) is 18.3 Å². The molecule has 0 bridgehead atoms. The highest BCUT2D eigenvalue weighted by atomic mass is 16.5. The van der Waals surface area contributed by atoms with E-state index in [0.717, 1.165) is 56.1 Å². The molecule has 3 heterocycles. The Morgan fingerprint density at radius 3 is 2.88 bits per heavy atom. The number of nitrogens with zero attached hydrogens (tertiary/aromatic N) is 4. The topological polar surface area (TPSA) is 62.2 Å². The largest absolute Gasteiger partial charge is 0.476 e. The molecule has 0 radical (unpaired) electrons. The van der Waals surface area contributed by atoms with E-state index < -0.39 is 0 Å². The summed E-state index contributed by atoms with van der Waals surface area (Å²) in [7, 11) is 0. The van der Waals surface area contributed by atoms with E-state index in [2.05, 4.69) is 39.4 Å². The van der Waals surface area contributed by atoms with E-state index >= 15 is 0 Å². The number of anilines is 2. The van der Waals surface area contributed by atoms with Crippen molar-refractivity contribution in [3.63, 3.8) is 0 Å². The van der Waals surface area contributed by atoms with Crippen LogP contribution in [0, 0.1) is 12.8 Å². The first-order valence-corrected chi connectivity index (χ1v) is 12.8. The highest BCUT2D eigenvalue weighted by molar-refractivity contribution is 5.80.